The van der Waals surface area contributed by atoms with Gasteiger partial charge in [-0.05, 0) is 23.5 Å². The van der Waals surface area contributed by atoms with Gasteiger partial charge in [-0.3, -0.25) is 4.79 Å². The van der Waals surface area contributed by atoms with Crippen LogP contribution in [0.5, 0.6) is 0 Å². The van der Waals surface area contributed by atoms with Crippen LogP contribution in [0.25, 0.3) is 0 Å². The number of ketones is 1. The van der Waals surface area contributed by atoms with Crippen LogP contribution in [0.2, 0.25) is 0 Å². The van der Waals surface area contributed by atoms with Crippen molar-refractivity contribution in [2.24, 2.45) is 0 Å². The van der Waals surface area contributed by atoms with Crippen LogP contribution in [0, 0.1) is 0 Å². The summed E-state index contributed by atoms with van der Waals surface area (Å²) in [6.45, 7) is 6.16. The number of carbonyl (C=O) groups excluding carboxylic acids is 1. The SMILES string of the molecule is CC(C)(C)c1nnsc1C(=O)CCc1ccccc1. The molecule has 3 nitrogen and oxygen atoms in total. The van der Waals surface area contributed by atoms with Gasteiger partial charge in [0.2, 0.25) is 0 Å². The first-order valence-electron chi connectivity index (χ1n) is 6.38. The number of aryl methyl sites for hydroxylation is 1. The summed E-state index contributed by atoms with van der Waals surface area (Å²) < 4.78 is 3.94. The Morgan fingerprint density at radius 1 is 1.21 bits per heavy atom. The Morgan fingerprint density at radius 3 is 2.53 bits per heavy atom. The first-order chi connectivity index (χ1) is 8.98. The van der Waals surface area contributed by atoms with E-state index in [1.165, 1.54) is 17.1 Å². The Morgan fingerprint density at radius 2 is 1.89 bits per heavy atom. The summed E-state index contributed by atoms with van der Waals surface area (Å²) >= 11 is 1.21. The van der Waals surface area contributed by atoms with Gasteiger partial charge in [-0.1, -0.05) is 55.6 Å². The Hall–Kier alpha value is -1.55. The number of nitrogens with zero attached hydrogens (tertiary/aromatic N) is 2. The van der Waals surface area contributed by atoms with Crippen molar-refractivity contribution in [2.45, 2.75) is 39.0 Å². The van der Waals surface area contributed by atoms with Gasteiger partial charge in [-0.25, -0.2) is 0 Å². The standard InChI is InChI=1S/C15H18N2OS/c1-15(2,3)14-13(19-17-16-14)12(18)10-9-11-7-5-4-6-8-11/h4-8H,9-10H2,1-3H3. The molecular formula is C15H18N2OS. The van der Waals surface area contributed by atoms with Gasteiger partial charge in [0, 0.05) is 11.8 Å². The zero-order valence-electron chi connectivity index (χ0n) is 11.5. The van der Waals surface area contributed by atoms with Crippen LogP contribution in [-0.2, 0) is 11.8 Å². The van der Waals surface area contributed by atoms with Crippen molar-refractivity contribution in [2.75, 3.05) is 0 Å². The maximum absolute atomic E-state index is 12.3. The highest BCUT2D eigenvalue weighted by Crippen LogP contribution is 2.26. The summed E-state index contributed by atoms with van der Waals surface area (Å²) in [7, 11) is 0. The zero-order chi connectivity index (χ0) is 13.9. The molecule has 0 N–H and O–H groups in total. The highest BCUT2D eigenvalue weighted by Gasteiger charge is 2.25. The first-order valence-corrected chi connectivity index (χ1v) is 7.16. The van der Waals surface area contributed by atoms with Gasteiger partial charge in [0.25, 0.3) is 0 Å². The number of carbonyl (C=O) groups is 1. The molecule has 0 fully saturated rings. The Kier molecular flexibility index (Phi) is 4.10. The van der Waals surface area contributed by atoms with E-state index in [0.29, 0.717) is 11.3 Å². The van der Waals surface area contributed by atoms with Gasteiger partial charge in [-0.2, -0.15) is 0 Å². The molecule has 0 saturated heterocycles. The lowest BCUT2D eigenvalue weighted by Gasteiger charge is -2.15. The fraction of sp³-hybridized carbons (Fsp3) is 0.400. The number of hydrogen-bond acceptors (Lipinski definition) is 4. The first kappa shape index (κ1) is 13.9. The van der Waals surface area contributed by atoms with Gasteiger partial charge in [0.15, 0.2) is 5.78 Å². The molecule has 0 aliphatic carbocycles. The highest BCUT2D eigenvalue weighted by molar-refractivity contribution is 7.08. The van der Waals surface area contributed by atoms with Crippen molar-refractivity contribution in [3.05, 3.63) is 46.5 Å². The normalized spacial score (nSPS) is 11.5. The monoisotopic (exact) mass is 274 g/mol. The second kappa shape index (κ2) is 5.61. The third-order valence-corrected chi connectivity index (χ3v) is 3.70. The lowest BCUT2D eigenvalue weighted by molar-refractivity contribution is 0.0984. The summed E-state index contributed by atoms with van der Waals surface area (Å²) in [5, 5.41) is 4.11. The Labute approximate surface area is 117 Å². The van der Waals surface area contributed by atoms with Crippen molar-refractivity contribution in [1.29, 1.82) is 0 Å². The molecule has 2 aromatic rings. The molecule has 2 rings (SSSR count). The summed E-state index contributed by atoms with van der Waals surface area (Å²) in [6, 6.07) is 10.1. The van der Waals surface area contributed by atoms with Crippen molar-refractivity contribution < 1.29 is 4.79 Å². The average molecular weight is 274 g/mol. The molecule has 0 aliphatic heterocycles. The smallest absolute Gasteiger partial charge is 0.176 e. The fourth-order valence-corrected chi connectivity index (χ4v) is 2.72. The molecule has 1 aromatic heterocycles. The minimum atomic E-state index is -0.134. The van der Waals surface area contributed by atoms with Gasteiger partial charge in [-0.15, -0.1) is 5.10 Å². The van der Waals surface area contributed by atoms with E-state index in [2.05, 4.69) is 30.4 Å². The molecule has 0 amide bonds. The molecule has 0 aliphatic rings. The van der Waals surface area contributed by atoms with Crippen LogP contribution in [0.1, 0.15) is 48.1 Å². The van der Waals surface area contributed by atoms with Crippen LogP contribution in [0.15, 0.2) is 30.3 Å². The lowest BCUT2D eigenvalue weighted by Crippen LogP contribution is -2.16. The quantitative estimate of drug-likeness (QED) is 0.799. The molecule has 19 heavy (non-hydrogen) atoms. The van der Waals surface area contributed by atoms with Crippen LogP contribution >= 0.6 is 11.5 Å². The summed E-state index contributed by atoms with van der Waals surface area (Å²) in [5.74, 6) is 0.142. The number of Topliss-reactive ketones (excluding diaryl/α,β-unsaturated/α-hetero) is 1. The third-order valence-electron chi connectivity index (χ3n) is 2.94. The second-order valence-electron chi connectivity index (χ2n) is 5.61. The maximum Gasteiger partial charge on any atom is 0.176 e. The number of aromatic nitrogens is 2. The topological polar surface area (TPSA) is 42.9 Å². The molecule has 1 heterocycles. The van der Waals surface area contributed by atoms with Gasteiger partial charge >= 0.3 is 0 Å². The van der Waals surface area contributed by atoms with Crippen molar-refractivity contribution >= 4 is 17.3 Å². The molecule has 0 saturated carbocycles. The van der Waals surface area contributed by atoms with Crippen molar-refractivity contribution in [1.82, 2.24) is 9.59 Å². The Balaban J connectivity index is 2.07. The van der Waals surface area contributed by atoms with Gasteiger partial charge in [0.1, 0.15) is 4.88 Å². The average Bonchev–Trinajstić information content (AvgIpc) is 2.86. The van der Waals surface area contributed by atoms with Crippen molar-refractivity contribution in [3.8, 4) is 0 Å². The molecule has 0 atom stereocenters. The van der Waals surface area contributed by atoms with Crippen LogP contribution in [-0.4, -0.2) is 15.4 Å². The molecule has 0 unspecified atom stereocenters. The summed E-state index contributed by atoms with van der Waals surface area (Å²) in [4.78, 5) is 13.0. The summed E-state index contributed by atoms with van der Waals surface area (Å²) in [5.41, 5.74) is 1.87. The van der Waals surface area contributed by atoms with Crippen molar-refractivity contribution in [3.63, 3.8) is 0 Å². The summed E-state index contributed by atoms with van der Waals surface area (Å²) in [6.07, 6.45) is 1.28. The molecule has 1 aromatic carbocycles. The molecule has 0 bridgehead atoms. The highest BCUT2D eigenvalue weighted by atomic mass is 32.1. The van der Waals surface area contributed by atoms with E-state index in [0.717, 1.165) is 12.1 Å². The minimum absolute atomic E-state index is 0.134. The minimum Gasteiger partial charge on any atom is -0.293 e. The van der Waals surface area contributed by atoms with Gasteiger partial charge < -0.3 is 0 Å². The largest absolute Gasteiger partial charge is 0.293 e. The van der Waals surface area contributed by atoms with Crippen LogP contribution in [0.3, 0.4) is 0 Å². The van der Waals surface area contributed by atoms with E-state index in [-0.39, 0.29) is 11.2 Å². The molecular weight excluding hydrogens is 256 g/mol. The van der Waals surface area contributed by atoms with E-state index >= 15 is 0 Å². The maximum atomic E-state index is 12.3. The number of hydrogen-bond donors (Lipinski definition) is 0. The fourth-order valence-electron chi connectivity index (χ4n) is 1.88. The number of rotatable bonds is 4. The van der Waals surface area contributed by atoms with E-state index in [4.69, 9.17) is 0 Å². The molecule has 4 heteroatoms. The predicted octanol–water partition coefficient (Wildman–Crippen LogP) is 3.65. The second-order valence-corrected chi connectivity index (χ2v) is 6.36. The van der Waals surface area contributed by atoms with Crippen LogP contribution < -0.4 is 0 Å². The van der Waals surface area contributed by atoms with Gasteiger partial charge in [0.05, 0.1) is 5.69 Å². The predicted molar refractivity (Wildman–Crippen MR) is 77.7 cm³/mol. The third kappa shape index (κ3) is 3.47. The molecule has 100 valence electrons. The van der Waals surface area contributed by atoms with E-state index in [9.17, 15) is 4.79 Å². The molecule has 0 radical (unpaired) electrons. The lowest BCUT2D eigenvalue weighted by atomic mass is 9.90. The van der Waals surface area contributed by atoms with E-state index in [1.54, 1.807) is 0 Å². The number of benzene rings is 1. The van der Waals surface area contributed by atoms with Crippen LogP contribution in [0.4, 0.5) is 0 Å². The Bertz CT molecular complexity index is 555. The van der Waals surface area contributed by atoms with E-state index < -0.39 is 0 Å². The van der Waals surface area contributed by atoms with E-state index in [1.807, 2.05) is 30.3 Å². The molecule has 0 spiro atoms. The zero-order valence-corrected chi connectivity index (χ0v) is 12.3.